The second-order valence-electron chi connectivity index (χ2n) is 5.47. The highest BCUT2D eigenvalue weighted by Crippen LogP contribution is 2.58. The van der Waals surface area contributed by atoms with Gasteiger partial charge in [0.15, 0.2) is 0 Å². The average Bonchev–Trinajstić information content (AvgIpc) is 2.50. The number of nitrogens with zero attached hydrogens (tertiary/aromatic N) is 2. The Bertz CT molecular complexity index is 626. The van der Waals surface area contributed by atoms with Gasteiger partial charge in [-0.1, -0.05) is 60.7 Å². The first-order valence-electron chi connectivity index (χ1n) is 6.68. The van der Waals surface area contributed by atoms with E-state index in [1.807, 2.05) is 36.4 Å². The summed E-state index contributed by atoms with van der Waals surface area (Å²) in [5.74, 6) is 0. The second kappa shape index (κ2) is 4.51. The lowest BCUT2D eigenvalue weighted by molar-refractivity contribution is 0.165. The monoisotopic (exact) mass is 258 g/mol. The third kappa shape index (κ3) is 1.70. The van der Waals surface area contributed by atoms with Gasteiger partial charge in [-0.3, -0.25) is 0 Å². The van der Waals surface area contributed by atoms with Crippen molar-refractivity contribution in [3.05, 3.63) is 71.8 Å². The van der Waals surface area contributed by atoms with Crippen LogP contribution in [0.25, 0.3) is 0 Å². The van der Waals surface area contributed by atoms with Crippen LogP contribution in [-0.2, 0) is 5.41 Å². The molecule has 20 heavy (non-hydrogen) atoms. The molecule has 0 amide bonds. The topological polar surface area (TPSA) is 47.6 Å². The highest BCUT2D eigenvalue weighted by atomic mass is 14.6. The van der Waals surface area contributed by atoms with Crippen molar-refractivity contribution in [3.63, 3.8) is 0 Å². The molecular weight excluding hydrogens is 244 g/mol. The molecule has 96 valence electrons. The van der Waals surface area contributed by atoms with Crippen LogP contribution < -0.4 is 0 Å². The summed E-state index contributed by atoms with van der Waals surface area (Å²) in [7, 11) is 0. The molecule has 0 unspecified atom stereocenters. The molecule has 0 aliphatic heterocycles. The summed E-state index contributed by atoms with van der Waals surface area (Å²) in [5, 5.41) is 18.6. The molecule has 0 heterocycles. The molecule has 0 bridgehead atoms. The van der Waals surface area contributed by atoms with E-state index in [-0.39, 0.29) is 5.41 Å². The third-order valence-electron chi connectivity index (χ3n) is 4.29. The van der Waals surface area contributed by atoms with Gasteiger partial charge in [0.25, 0.3) is 0 Å². The molecule has 1 aliphatic rings. The van der Waals surface area contributed by atoms with Crippen molar-refractivity contribution in [2.24, 2.45) is 5.41 Å². The highest BCUT2D eigenvalue weighted by Gasteiger charge is 2.57. The molecule has 1 saturated carbocycles. The standard InChI is InChI=1S/C18H14N2/c19-13-17(14-20)11-18(12-17,15-7-3-1-4-8-15)16-9-5-2-6-10-16/h1-10H,11-12H2. The number of rotatable bonds is 2. The molecule has 0 aromatic heterocycles. The molecule has 1 fully saturated rings. The Morgan fingerprint density at radius 1 is 0.700 bits per heavy atom. The summed E-state index contributed by atoms with van der Waals surface area (Å²) in [4.78, 5) is 0. The fourth-order valence-corrected chi connectivity index (χ4v) is 3.25. The minimum absolute atomic E-state index is 0.200. The van der Waals surface area contributed by atoms with Crippen molar-refractivity contribution >= 4 is 0 Å². The van der Waals surface area contributed by atoms with Gasteiger partial charge < -0.3 is 0 Å². The van der Waals surface area contributed by atoms with E-state index in [4.69, 9.17) is 0 Å². The molecule has 1 aliphatic carbocycles. The lowest BCUT2D eigenvalue weighted by Crippen LogP contribution is -2.49. The van der Waals surface area contributed by atoms with Crippen LogP contribution in [-0.4, -0.2) is 0 Å². The van der Waals surface area contributed by atoms with Gasteiger partial charge in [-0.25, -0.2) is 0 Å². The van der Waals surface area contributed by atoms with Crippen molar-refractivity contribution in [1.82, 2.24) is 0 Å². The van der Waals surface area contributed by atoms with Crippen molar-refractivity contribution in [2.75, 3.05) is 0 Å². The fraction of sp³-hybridized carbons (Fsp3) is 0.222. The summed E-state index contributed by atoms with van der Waals surface area (Å²) in [6.45, 7) is 0. The minimum Gasteiger partial charge on any atom is -0.197 e. The number of benzene rings is 2. The van der Waals surface area contributed by atoms with E-state index in [9.17, 15) is 10.5 Å². The molecule has 3 rings (SSSR count). The van der Waals surface area contributed by atoms with Gasteiger partial charge in [-0.2, -0.15) is 10.5 Å². The largest absolute Gasteiger partial charge is 0.197 e. The van der Waals surface area contributed by atoms with Crippen LogP contribution in [0.1, 0.15) is 24.0 Å². The Hall–Kier alpha value is -2.58. The first-order chi connectivity index (χ1) is 9.75. The Morgan fingerprint density at radius 2 is 1.10 bits per heavy atom. The first kappa shape index (κ1) is 12.5. The van der Waals surface area contributed by atoms with Gasteiger partial charge in [0.05, 0.1) is 12.1 Å². The number of hydrogen-bond acceptors (Lipinski definition) is 2. The van der Waals surface area contributed by atoms with Crippen molar-refractivity contribution in [2.45, 2.75) is 18.3 Å². The Balaban J connectivity index is 2.09. The van der Waals surface area contributed by atoms with Crippen LogP contribution in [0.4, 0.5) is 0 Å². The lowest BCUT2D eigenvalue weighted by atomic mass is 9.49. The second-order valence-corrected chi connectivity index (χ2v) is 5.47. The summed E-state index contributed by atoms with van der Waals surface area (Å²) in [6.07, 6.45) is 1.14. The van der Waals surface area contributed by atoms with E-state index in [1.165, 1.54) is 11.1 Å². The van der Waals surface area contributed by atoms with Gasteiger partial charge in [0.1, 0.15) is 5.41 Å². The predicted octanol–water partition coefficient (Wildman–Crippen LogP) is 3.80. The van der Waals surface area contributed by atoms with Crippen molar-refractivity contribution < 1.29 is 0 Å². The Kier molecular flexibility index (Phi) is 2.81. The molecular formula is C18H14N2. The van der Waals surface area contributed by atoms with Gasteiger partial charge >= 0.3 is 0 Å². The highest BCUT2D eigenvalue weighted by molar-refractivity contribution is 5.47. The van der Waals surface area contributed by atoms with Gasteiger partial charge in [0, 0.05) is 5.41 Å². The zero-order valence-corrected chi connectivity index (χ0v) is 11.1. The molecule has 2 aromatic carbocycles. The molecule has 0 N–H and O–H groups in total. The SMILES string of the molecule is N#CC1(C#N)CC(c2ccccc2)(c2ccccc2)C1. The summed E-state index contributed by atoms with van der Waals surface area (Å²) in [5.41, 5.74) is 1.33. The van der Waals surface area contributed by atoms with Crippen LogP contribution in [0.15, 0.2) is 60.7 Å². The quantitative estimate of drug-likeness (QED) is 0.822. The number of hydrogen-bond donors (Lipinski definition) is 0. The van der Waals surface area contributed by atoms with Gasteiger partial charge in [-0.05, 0) is 24.0 Å². The van der Waals surface area contributed by atoms with Crippen LogP contribution in [0.5, 0.6) is 0 Å². The maximum Gasteiger partial charge on any atom is 0.146 e. The Labute approximate surface area is 118 Å². The van der Waals surface area contributed by atoms with Crippen LogP contribution in [0.3, 0.4) is 0 Å². The van der Waals surface area contributed by atoms with E-state index < -0.39 is 5.41 Å². The van der Waals surface area contributed by atoms with Crippen molar-refractivity contribution in [1.29, 1.82) is 10.5 Å². The summed E-state index contributed by atoms with van der Waals surface area (Å²) >= 11 is 0. The molecule has 0 atom stereocenters. The van der Waals surface area contributed by atoms with Crippen LogP contribution in [0.2, 0.25) is 0 Å². The zero-order chi connectivity index (χ0) is 14.1. The first-order valence-corrected chi connectivity index (χ1v) is 6.68. The molecule has 0 radical (unpaired) electrons. The Morgan fingerprint density at radius 3 is 1.45 bits per heavy atom. The van der Waals surface area contributed by atoms with Crippen LogP contribution in [0, 0.1) is 28.1 Å². The van der Waals surface area contributed by atoms with Gasteiger partial charge in [0.2, 0.25) is 0 Å². The van der Waals surface area contributed by atoms with E-state index >= 15 is 0 Å². The average molecular weight is 258 g/mol. The maximum absolute atomic E-state index is 9.29. The van der Waals surface area contributed by atoms with E-state index in [1.54, 1.807) is 0 Å². The number of nitriles is 2. The third-order valence-corrected chi connectivity index (χ3v) is 4.29. The molecule has 2 nitrogen and oxygen atoms in total. The van der Waals surface area contributed by atoms with Gasteiger partial charge in [-0.15, -0.1) is 0 Å². The summed E-state index contributed by atoms with van der Waals surface area (Å²) < 4.78 is 0. The molecule has 0 spiro atoms. The zero-order valence-electron chi connectivity index (χ0n) is 11.1. The normalized spacial score (nSPS) is 18.3. The predicted molar refractivity (Wildman–Crippen MR) is 76.6 cm³/mol. The van der Waals surface area contributed by atoms with E-state index in [0.29, 0.717) is 12.8 Å². The maximum atomic E-state index is 9.29. The van der Waals surface area contributed by atoms with Crippen molar-refractivity contribution in [3.8, 4) is 12.1 Å². The van der Waals surface area contributed by atoms with Crippen LogP contribution >= 0.6 is 0 Å². The van der Waals surface area contributed by atoms with E-state index in [2.05, 4.69) is 36.4 Å². The lowest BCUT2D eigenvalue weighted by Gasteiger charge is -2.50. The fourth-order valence-electron chi connectivity index (χ4n) is 3.25. The molecule has 2 aromatic rings. The summed E-state index contributed by atoms with van der Waals surface area (Å²) in [6, 6.07) is 24.8. The molecule has 2 heteroatoms. The minimum atomic E-state index is -0.842. The van der Waals surface area contributed by atoms with E-state index in [0.717, 1.165) is 0 Å². The smallest absolute Gasteiger partial charge is 0.146 e. The molecule has 0 saturated heterocycles.